The van der Waals surface area contributed by atoms with Gasteiger partial charge in [-0.2, -0.15) is 5.26 Å². The second-order valence-corrected chi connectivity index (χ2v) is 4.45. The zero-order valence-corrected chi connectivity index (χ0v) is 9.74. The summed E-state index contributed by atoms with van der Waals surface area (Å²) < 4.78 is 5.52. The van der Waals surface area contributed by atoms with Gasteiger partial charge in [-0.25, -0.2) is 0 Å². The van der Waals surface area contributed by atoms with E-state index in [0.717, 1.165) is 5.75 Å². The molecule has 1 rings (SSSR count). The third-order valence-electron chi connectivity index (χ3n) is 2.19. The van der Waals surface area contributed by atoms with Crippen LogP contribution in [-0.4, -0.2) is 5.60 Å². The number of hydrogen-bond donors (Lipinski definition) is 0. The first kappa shape index (κ1) is 11.6. The lowest BCUT2D eigenvalue weighted by Gasteiger charge is -2.18. The zero-order valence-electron chi connectivity index (χ0n) is 9.74. The van der Waals surface area contributed by atoms with Crippen LogP contribution in [0.2, 0.25) is 0 Å². The second-order valence-electron chi connectivity index (χ2n) is 4.45. The average Bonchev–Trinajstić information content (AvgIpc) is 2.18. The Morgan fingerprint density at radius 3 is 2.13 bits per heavy atom. The van der Waals surface area contributed by atoms with Crippen LogP contribution in [0.15, 0.2) is 24.3 Å². The molecule has 0 N–H and O–H groups in total. The molecule has 0 aliphatic carbocycles. The molecule has 0 aromatic heterocycles. The molecular weight excluding hydrogens is 186 g/mol. The van der Waals surface area contributed by atoms with E-state index in [0.29, 0.717) is 5.92 Å². The van der Waals surface area contributed by atoms with Gasteiger partial charge >= 0.3 is 0 Å². The van der Waals surface area contributed by atoms with Crippen molar-refractivity contribution >= 4 is 0 Å². The van der Waals surface area contributed by atoms with E-state index < -0.39 is 5.60 Å². The number of nitriles is 1. The second kappa shape index (κ2) is 4.35. The Kier molecular flexibility index (Phi) is 3.36. The highest BCUT2D eigenvalue weighted by molar-refractivity contribution is 5.29. The van der Waals surface area contributed by atoms with Crippen LogP contribution in [0, 0.1) is 11.3 Å². The molecule has 1 aromatic carbocycles. The smallest absolute Gasteiger partial charge is 0.188 e. The van der Waals surface area contributed by atoms with Gasteiger partial charge < -0.3 is 4.74 Å². The van der Waals surface area contributed by atoms with Crippen LogP contribution in [0.4, 0.5) is 0 Å². The predicted molar refractivity (Wildman–Crippen MR) is 60.9 cm³/mol. The third-order valence-corrected chi connectivity index (χ3v) is 2.19. The van der Waals surface area contributed by atoms with Crippen molar-refractivity contribution in [3.05, 3.63) is 29.8 Å². The summed E-state index contributed by atoms with van der Waals surface area (Å²) in [6, 6.07) is 10.00. The first-order valence-electron chi connectivity index (χ1n) is 5.15. The minimum Gasteiger partial charge on any atom is -0.473 e. The Labute approximate surface area is 91.5 Å². The summed E-state index contributed by atoms with van der Waals surface area (Å²) in [4.78, 5) is 0. The summed E-state index contributed by atoms with van der Waals surface area (Å²) in [6.07, 6.45) is 0. The highest BCUT2D eigenvalue weighted by atomic mass is 16.5. The van der Waals surface area contributed by atoms with Gasteiger partial charge in [0.05, 0.1) is 0 Å². The molecule has 0 fully saturated rings. The lowest BCUT2D eigenvalue weighted by Crippen LogP contribution is -2.25. The molecule has 2 heteroatoms. The van der Waals surface area contributed by atoms with E-state index in [1.807, 2.05) is 24.3 Å². The van der Waals surface area contributed by atoms with Gasteiger partial charge in [0.2, 0.25) is 0 Å². The van der Waals surface area contributed by atoms with Crippen LogP contribution in [0.5, 0.6) is 5.75 Å². The van der Waals surface area contributed by atoms with Gasteiger partial charge in [-0.05, 0) is 37.5 Å². The van der Waals surface area contributed by atoms with Crippen molar-refractivity contribution < 1.29 is 4.74 Å². The molecule has 0 spiro atoms. The van der Waals surface area contributed by atoms with Crippen molar-refractivity contribution in [2.75, 3.05) is 0 Å². The van der Waals surface area contributed by atoms with Crippen molar-refractivity contribution in [3.8, 4) is 11.8 Å². The van der Waals surface area contributed by atoms with Crippen LogP contribution in [0.3, 0.4) is 0 Å². The van der Waals surface area contributed by atoms with E-state index in [1.165, 1.54) is 5.56 Å². The lowest BCUT2D eigenvalue weighted by atomic mass is 10.0. The Hall–Kier alpha value is -1.49. The average molecular weight is 203 g/mol. The molecule has 0 atom stereocenters. The van der Waals surface area contributed by atoms with Gasteiger partial charge in [-0.3, -0.25) is 0 Å². The molecule has 15 heavy (non-hydrogen) atoms. The number of nitrogens with zero attached hydrogens (tertiary/aromatic N) is 1. The highest BCUT2D eigenvalue weighted by Gasteiger charge is 2.18. The summed E-state index contributed by atoms with van der Waals surface area (Å²) in [5.74, 6) is 1.26. The molecule has 0 aliphatic heterocycles. The van der Waals surface area contributed by atoms with E-state index >= 15 is 0 Å². The Bertz CT molecular complexity index is 357. The molecule has 0 saturated heterocycles. The van der Waals surface area contributed by atoms with Crippen LogP contribution in [0.1, 0.15) is 39.2 Å². The number of hydrogen-bond acceptors (Lipinski definition) is 2. The largest absolute Gasteiger partial charge is 0.473 e. The zero-order chi connectivity index (χ0) is 11.5. The molecule has 0 unspecified atom stereocenters. The molecule has 80 valence electrons. The molecule has 0 heterocycles. The van der Waals surface area contributed by atoms with Crippen molar-refractivity contribution in [1.29, 1.82) is 5.26 Å². The van der Waals surface area contributed by atoms with Gasteiger partial charge in [0.25, 0.3) is 0 Å². The molecular formula is C13H17NO. The first-order valence-corrected chi connectivity index (χ1v) is 5.15. The predicted octanol–water partition coefficient (Wildman–Crippen LogP) is 3.49. The monoisotopic (exact) mass is 203 g/mol. The summed E-state index contributed by atoms with van der Waals surface area (Å²) in [7, 11) is 0. The maximum atomic E-state index is 8.82. The Morgan fingerprint density at radius 2 is 1.73 bits per heavy atom. The molecule has 0 bridgehead atoms. The summed E-state index contributed by atoms with van der Waals surface area (Å²) in [5.41, 5.74) is 0.511. The van der Waals surface area contributed by atoms with Crippen molar-refractivity contribution in [1.82, 2.24) is 0 Å². The summed E-state index contributed by atoms with van der Waals surface area (Å²) in [5, 5.41) is 8.82. The van der Waals surface area contributed by atoms with Crippen LogP contribution in [0.25, 0.3) is 0 Å². The van der Waals surface area contributed by atoms with Crippen LogP contribution in [-0.2, 0) is 0 Å². The molecule has 0 radical (unpaired) electrons. The quantitative estimate of drug-likeness (QED) is 0.753. The van der Waals surface area contributed by atoms with Crippen LogP contribution < -0.4 is 4.74 Å². The van der Waals surface area contributed by atoms with Gasteiger partial charge in [-0.1, -0.05) is 26.0 Å². The van der Waals surface area contributed by atoms with Crippen LogP contribution >= 0.6 is 0 Å². The fourth-order valence-electron chi connectivity index (χ4n) is 1.24. The SMILES string of the molecule is CC(C)c1ccc(OC(C)(C)C#N)cc1. The minimum absolute atomic E-state index is 0.517. The number of benzene rings is 1. The Balaban J connectivity index is 2.78. The van der Waals surface area contributed by atoms with E-state index in [4.69, 9.17) is 10.00 Å². The van der Waals surface area contributed by atoms with E-state index in [-0.39, 0.29) is 0 Å². The topological polar surface area (TPSA) is 33.0 Å². The minimum atomic E-state index is -0.765. The summed E-state index contributed by atoms with van der Waals surface area (Å²) >= 11 is 0. The van der Waals surface area contributed by atoms with Crippen molar-refractivity contribution in [2.24, 2.45) is 0 Å². The first-order chi connectivity index (χ1) is 6.94. The van der Waals surface area contributed by atoms with Crippen molar-refractivity contribution in [2.45, 2.75) is 39.2 Å². The number of ether oxygens (including phenoxy) is 1. The standard InChI is InChI=1S/C13H17NO/c1-10(2)11-5-7-12(8-6-11)15-13(3,4)9-14/h5-8,10H,1-4H3. The Morgan fingerprint density at radius 1 is 1.20 bits per heavy atom. The lowest BCUT2D eigenvalue weighted by molar-refractivity contribution is 0.170. The molecule has 0 amide bonds. The molecule has 2 nitrogen and oxygen atoms in total. The van der Waals surface area contributed by atoms with Gasteiger partial charge in [0.1, 0.15) is 11.8 Å². The van der Waals surface area contributed by atoms with Gasteiger partial charge in [0, 0.05) is 0 Å². The van der Waals surface area contributed by atoms with Gasteiger partial charge in [-0.15, -0.1) is 0 Å². The van der Waals surface area contributed by atoms with Crippen molar-refractivity contribution in [3.63, 3.8) is 0 Å². The number of rotatable bonds is 3. The maximum absolute atomic E-state index is 8.82. The third kappa shape index (κ3) is 3.28. The van der Waals surface area contributed by atoms with Gasteiger partial charge in [0.15, 0.2) is 5.60 Å². The fourth-order valence-corrected chi connectivity index (χ4v) is 1.24. The van der Waals surface area contributed by atoms with E-state index in [9.17, 15) is 0 Å². The highest BCUT2D eigenvalue weighted by Crippen LogP contribution is 2.21. The molecule has 1 aromatic rings. The summed E-state index contributed by atoms with van der Waals surface area (Å²) in [6.45, 7) is 7.80. The van der Waals surface area contributed by atoms with E-state index in [2.05, 4.69) is 19.9 Å². The maximum Gasteiger partial charge on any atom is 0.188 e. The fraction of sp³-hybridized carbons (Fsp3) is 0.462. The normalized spacial score (nSPS) is 11.2. The molecule has 0 aliphatic rings. The van der Waals surface area contributed by atoms with E-state index in [1.54, 1.807) is 13.8 Å². The molecule has 0 saturated carbocycles.